The van der Waals surface area contributed by atoms with E-state index in [4.69, 9.17) is 20.9 Å². The van der Waals surface area contributed by atoms with E-state index in [1.54, 1.807) is 14.0 Å². The number of carbonyl (C=O) groups excluding carboxylic acids is 1. The van der Waals surface area contributed by atoms with Crippen LogP contribution in [0.5, 0.6) is 5.75 Å². The lowest BCUT2D eigenvalue weighted by atomic mass is 10.0. The van der Waals surface area contributed by atoms with Crippen molar-refractivity contribution in [1.29, 1.82) is 0 Å². The van der Waals surface area contributed by atoms with Crippen LogP contribution < -0.4 is 10.1 Å². The average molecular weight is 380 g/mol. The van der Waals surface area contributed by atoms with Gasteiger partial charge in [0.1, 0.15) is 5.75 Å². The van der Waals surface area contributed by atoms with Crippen LogP contribution in [0.25, 0.3) is 0 Å². The number of aromatic nitrogens is 1. The predicted octanol–water partition coefficient (Wildman–Crippen LogP) is 3.39. The Morgan fingerprint density at radius 1 is 1.38 bits per heavy atom. The summed E-state index contributed by atoms with van der Waals surface area (Å²) < 4.78 is 10.2. The number of hydrogen-bond donors (Lipinski definition) is 1. The maximum atomic E-state index is 12.4. The number of ether oxygens (including phenoxy) is 1. The van der Waals surface area contributed by atoms with Gasteiger partial charge in [0.05, 0.1) is 25.3 Å². The number of carbonyl (C=O) groups is 1. The van der Waals surface area contributed by atoms with Crippen molar-refractivity contribution in [3.8, 4) is 5.75 Å². The van der Waals surface area contributed by atoms with Crippen molar-refractivity contribution in [1.82, 2.24) is 15.4 Å². The lowest BCUT2D eigenvalue weighted by molar-refractivity contribution is -0.120. The van der Waals surface area contributed by atoms with E-state index in [0.717, 1.165) is 24.4 Å². The first-order chi connectivity index (χ1) is 12.5. The van der Waals surface area contributed by atoms with Crippen LogP contribution in [-0.4, -0.2) is 42.7 Å². The number of nitrogens with zero attached hydrogens (tertiary/aromatic N) is 2. The fourth-order valence-corrected chi connectivity index (χ4v) is 3.20. The molecule has 0 fully saturated rings. The highest BCUT2D eigenvalue weighted by Gasteiger charge is 2.21. The molecule has 26 heavy (non-hydrogen) atoms. The molecule has 1 unspecified atom stereocenters. The number of benzene rings is 1. The Hall–Kier alpha value is -2.05. The first kappa shape index (κ1) is 20.3. The summed E-state index contributed by atoms with van der Waals surface area (Å²) in [6.07, 6.45) is 0.150. The van der Waals surface area contributed by atoms with Crippen molar-refractivity contribution in [2.24, 2.45) is 0 Å². The highest BCUT2D eigenvalue weighted by Crippen LogP contribution is 2.24. The molecule has 0 radical (unpaired) electrons. The highest BCUT2D eigenvalue weighted by atomic mass is 35.5. The Bertz CT molecular complexity index is 709. The van der Waals surface area contributed by atoms with Crippen molar-refractivity contribution in [3.05, 3.63) is 46.3 Å². The van der Waals surface area contributed by atoms with Crippen molar-refractivity contribution in [3.63, 3.8) is 0 Å². The minimum Gasteiger partial charge on any atom is -0.497 e. The Balaban J connectivity index is 2.10. The normalized spacial score (nSPS) is 12.2. The van der Waals surface area contributed by atoms with Crippen molar-refractivity contribution >= 4 is 17.5 Å². The van der Waals surface area contributed by atoms with Gasteiger partial charge in [-0.25, -0.2) is 0 Å². The second kappa shape index (κ2) is 9.59. The van der Waals surface area contributed by atoms with E-state index >= 15 is 0 Å². The van der Waals surface area contributed by atoms with Gasteiger partial charge < -0.3 is 14.6 Å². The van der Waals surface area contributed by atoms with E-state index in [0.29, 0.717) is 17.8 Å². The SMILES string of the molecule is CCN(CC)C(CNC(=O)Cc1c(C)noc1Cl)c1cccc(OC)c1. The number of amides is 1. The standard InChI is InChI=1S/C19H26ClN3O3/c1-5-23(6-2)17(14-8-7-9-15(10-14)25-4)12-21-18(24)11-16-13(3)22-26-19(16)20/h7-10,17H,5-6,11-12H2,1-4H3,(H,21,24). The van der Waals surface area contributed by atoms with Gasteiger partial charge in [-0.3, -0.25) is 9.69 Å². The van der Waals surface area contributed by atoms with E-state index < -0.39 is 0 Å². The Kier molecular flexibility index (Phi) is 7.48. The number of halogens is 1. The molecule has 6 nitrogen and oxygen atoms in total. The molecule has 1 atom stereocenters. The van der Waals surface area contributed by atoms with Crippen molar-refractivity contribution in [2.75, 3.05) is 26.7 Å². The zero-order valence-electron chi connectivity index (χ0n) is 15.7. The molecule has 1 amide bonds. The largest absolute Gasteiger partial charge is 0.497 e. The average Bonchev–Trinajstić information content (AvgIpc) is 2.97. The summed E-state index contributed by atoms with van der Waals surface area (Å²) in [5, 5.41) is 6.96. The molecule has 1 N–H and O–H groups in total. The van der Waals surface area contributed by atoms with Gasteiger partial charge in [-0.05, 0) is 49.3 Å². The molecule has 0 aliphatic heterocycles. The number of methoxy groups -OCH3 is 1. The third kappa shape index (κ3) is 4.99. The second-order valence-corrected chi connectivity index (χ2v) is 6.36. The molecule has 1 aromatic heterocycles. The molecular formula is C19H26ClN3O3. The smallest absolute Gasteiger partial charge is 0.229 e. The van der Waals surface area contributed by atoms with Crippen LogP contribution in [0.2, 0.25) is 5.22 Å². The fraction of sp³-hybridized carbons (Fsp3) is 0.474. The number of nitrogens with one attached hydrogen (secondary N) is 1. The van der Waals surface area contributed by atoms with Crippen LogP contribution >= 0.6 is 11.6 Å². The third-order valence-corrected chi connectivity index (χ3v) is 4.80. The number of hydrogen-bond acceptors (Lipinski definition) is 5. The first-order valence-corrected chi connectivity index (χ1v) is 9.13. The molecule has 0 saturated carbocycles. The van der Waals surface area contributed by atoms with E-state index in [9.17, 15) is 4.79 Å². The summed E-state index contributed by atoms with van der Waals surface area (Å²) in [5.41, 5.74) is 2.37. The summed E-state index contributed by atoms with van der Waals surface area (Å²) in [5.74, 6) is 0.691. The van der Waals surface area contributed by atoms with Crippen LogP contribution in [0.1, 0.15) is 36.7 Å². The van der Waals surface area contributed by atoms with E-state index in [2.05, 4.69) is 35.3 Å². The summed E-state index contributed by atoms with van der Waals surface area (Å²) in [6, 6.07) is 8.00. The van der Waals surface area contributed by atoms with Crippen LogP contribution in [-0.2, 0) is 11.2 Å². The van der Waals surface area contributed by atoms with Crippen molar-refractivity contribution < 1.29 is 14.1 Å². The molecule has 0 saturated heterocycles. The molecule has 2 aromatic rings. The monoisotopic (exact) mass is 379 g/mol. The van der Waals surface area contributed by atoms with Gasteiger partial charge >= 0.3 is 0 Å². The second-order valence-electron chi connectivity index (χ2n) is 6.01. The van der Waals surface area contributed by atoms with Gasteiger partial charge in [-0.2, -0.15) is 0 Å². The summed E-state index contributed by atoms with van der Waals surface area (Å²) in [4.78, 5) is 14.7. The van der Waals surface area contributed by atoms with Gasteiger partial charge in [0.2, 0.25) is 11.1 Å². The van der Waals surface area contributed by atoms with Crippen molar-refractivity contribution in [2.45, 2.75) is 33.2 Å². The molecule has 1 aromatic carbocycles. The van der Waals surface area contributed by atoms with Crippen LogP contribution in [0.3, 0.4) is 0 Å². The van der Waals surface area contributed by atoms with E-state index in [1.807, 2.05) is 18.2 Å². The Labute approximate surface area is 159 Å². The molecule has 0 aliphatic rings. The quantitative estimate of drug-likeness (QED) is 0.723. The Morgan fingerprint density at radius 2 is 2.12 bits per heavy atom. The van der Waals surface area contributed by atoms with Gasteiger partial charge in [0.25, 0.3) is 0 Å². The van der Waals surface area contributed by atoms with Gasteiger partial charge in [0.15, 0.2) is 0 Å². The zero-order valence-corrected chi connectivity index (χ0v) is 16.5. The lowest BCUT2D eigenvalue weighted by Gasteiger charge is -2.30. The predicted molar refractivity (Wildman–Crippen MR) is 102 cm³/mol. The third-order valence-electron chi connectivity index (χ3n) is 4.50. The van der Waals surface area contributed by atoms with Gasteiger partial charge in [0, 0.05) is 12.1 Å². The molecular weight excluding hydrogens is 354 g/mol. The number of aryl methyl sites for hydroxylation is 1. The minimum absolute atomic E-state index is 0.0584. The summed E-state index contributed by atoms with van der Waals surface area (Å²) in [6.45, 7) is 8.25. The molecule has 0 aliphatic carbocycles. The zero-order chi connectivity index (χ0) is 19.1. The number of rotatable bonds is 9. The maximum Gasteiger partial charge on any atom is 0.229 e. The number of likely N-dealkylation sites (N-methyl/N-ethyl adjacent to an activating group) is 1. The molecule has 2 rings (SSSR count). The maximum absolute atomic E-state index is 12.4. The minimum atomic E-state index is -0.113. The van der Waals surface area contributed by atoms with Crippen LogP contribution in [0.15, 0.2) is 28.8 Å². The van der Waals surface area contributed by atoms with Crippen LogP contribution in [0.4, 0.5) is 0 Å². The lowest BCUT2D eigenvalue weighted by Crippen LogP contribution is -2.38. The molecule has 7 heteroatoms. The molecule has 1 heterocycles. The molecule has 0 spiro atoms. The van der Waals surface area contributed by atoms with Crippen LogP contribution in [0, 0.1) is 6.92 Å². The highest BCUT2D eigenvalue weighted by molar-refractivity contribution is 6.29. The molecule has 142 valence electrons. The topological polar surface area (TPSA) is 67.6 Å². The first-order valence-electron chi connectivity index (χ1n) is 8.75. The van der Waals surface area contributed by atoms with Gasteiger partial charge in [-0.1, -0.05) is 31.1 Å². The summed E-state index contributed by atoms with van der Waals surface area (Å²) >= 11 is 5.95. The van der Waals surface area contributed by atoms with Gasteiger partial charge in [-0.15, -0.1) is 0 Å². The Morgan fingerprint density at radius 3 is 2.69 bits per heavy atom. The van der Waals surface area contributed by atoms with E-state index in [-0.39, 0.29) is 23.6 Å². The fourth-order valence-electron chi connectivity index (χ4n) is 2.96. The summed E-state index contributed by atoms with van der Waals surface area (Å²) in [7, 11) is 1.65. The molecule has 0 bridgehead atoms. The van der Waals surface area contributed by atoms with E-state index in [1.165, 1.54) is 0 Å².